The van der Waals surface area contributed by atoms with Gasteiger partial charge in [0, 0.05) is 17.7 Å². The molecular formula is C11H11Cl2N3O2. The van der Waals surface area contributed by atoms with Crippen molar-refractivity contribution in [1.82, 2.24) is 5.43 Å². The second kappa shape index (κ2) is 5.04. The van der Waals surface area contributed by atoms with Gasteiger partial charge in [0.15, 0.2) is 0 Å². The molecule has 7 heteroatoms. The Labute approximate surface area is 114 Å². The van der Waals surface area contributed by atoms with Gasteiger partial charge in [-0.25, -0.2) is 4.79 Å². The lowest BCUT2D eigenvalue weighted by atomic mass is 10.0. The molecule has 0 saturated carbocycles. The third-order valence-corrected chi connectivity index (χ3v) is 3.40. The summed E-state index contributed by atoms with van der Waals surface area (Å²) in [5, 5.41) is 4.72. The molecular weight excluding hydrogens is 277 g/mol. The first kappa shape index (κ1) is 13.0. The van der Waals surface area contributed by atoms with Gasteiger partial charge in [-0.15, -0.1) is 0 Å². The molecule has 0 amide bonds. The number of nitrogens with zero attached hydrogens (tertiary/aromatic N) is 1. The minimum absolute atomic E-state index is 0.200. The molecule has 0 aliphatic carbocycles. The number of anilines is 1. The maximum Gasteiger partial charge on any atom is 0.354 e. The van der Waals surface area contributed by atoms with E-state index in [1.54, 1.807) is 12.1 Å². The summed E-state index contributed by atoms with van der Waals surface area (Å²) < 4.78 is 4.60. The van der Waals surface area contributed by atoms with Crippen LogP contribution in [0.5, 0.6) is 0 Å². The van der Waals surface area contributed by atoms with Crippen LogP contribution in [0, 0.1) is 0 Å². The van der Waals surface area contributed by atoms with E-state index < -0.39 is 5.97 Å². The minimum atomic E-state index is -0.455. The Kier molecular flexibility index (Phi) is 3.63. The van der Waals surface area contributed by atoms with Gasteiger partial charge in [-0.2, -0.15) is 5.10 Å². The van der Waals surface area contributed by atoms with Crippen molar-refractivity contribution in [3.05, 3.63) is 27.7 Å². The van der Waals surface area contributed by atoms with E-state index in [4.69, 9.17) is 28.9 Å². The molecule has 3 N–H and O–H groups in total. The first-order valence-corrected chi connectivity index (χ1v) is 5.93. The lowest BCUT2D eigenvalue weighted by Gasteiger charge is -2.14. The van der Waals surface area contributed by atoms with Crippen LogP contribution >= 0.6 is 23.2 Å². The molecule has 1 aliphatic rings. The van der Waals surface area contributed by atoms with Crippen LogP contribution in [-0.4, -0.2) is 18.8 Å². The van der Waals surface area contributed by atoms with Crippen LogP contribution in [0.4, 0.5) is 5.69 Å². The summed E-state index contributed by atoms with van der Waals surface area (Å²) in [5.41, 5.74) is 10.3. The summed E-state index contributed by atoms with van der Waals surface area (Å²) in [5.74, 6) is -0.455. The number of carbonyl (C=O) groups excluding carboxylic acids is 1. The first-order valence-electron chi connectivity index (χ1n) is 5.17. The number of hydrogen-bond acceptors (Lipinski definition) is 5. The second-order valence-corrected chi connectivity index (χ2v) is 4.65. The number of ether oxygens (including phenoxy) is 1. The van der Waals surface area contributed by atoms with Crippen molar-refractivity contribution in [3.63, 3.8) is 0 Å². The highest BCUT2D eigenvalue weighted by molar-refractivity contribution is 6.42. The zero-order valence-electron chi connectivity index (χ0n) is 9.54. The van der Waals surface area contributed by atoms with E-state index in [1.807, 2.05) is 0 Å². The third kappa shape index (κ3) is 2.37. The van der Waals surface area contributed by atoms with Crippen LogP contribution in [0.15, 0.2) is 17.2 Å². The highest BCUT2D eigenvalue weighted by Gasteiger charge is 2.27. The maximum atomic E-state index is 11.3. The van der Waals surface area contributed by atoms with Gasteiger partial charge in [-0.05, 0) is 12.1 Å². The predicted molar refractivity (Wildman–Crippen MR) is 70.8 cm³/mol. The Bertz CT molecular complexity index is 531. The maximum absolute atomic E-state index is 11.3. The average molecular weight is 288 g/mol. The highest BCUT2D eigenvalue weighted by atomic mass is 35.5. The fraction of sp³-hybridized carbons (Fsp3) is 0.273. The van der Waals surface area contributed by atoms with Crippen molar-refractivity contribution in [3.8, 4) is 0 Å². The topological polar surface area (TPSA) is 76.7 Å². The van der Waals surface area contributed by atoms with Crippen LogP contribution < -0.4 is 11.2 Å². The second-order valence-electron chi connectivity index (χ2n) is 3.83. The van der Waals surface area contributed by atoms with E-state index in [1.165, 1.54) is 7.11 Å². The molecule has 2 rings (SSSR count). The molecule has 0 bridgehead atoms. The van der Waals surface area contributed by atoms with Crippen molar-refractivity contribution < 1.29 is 9.53 Å². The largest absolute Gasteiger partial charge is 0.464 e. The third-order valence-electron chi connectivity index (χ3n) is 2.68. The number of nitrogens with two attached hydrogens (primary N) is 1. The normalized spacial score (nSPS) is 18.2. The summed E-state index contributed by atoms with van der Waals surface area (Å²) in [6.45, 7) is 0. The van der Waals surface area contributed by atoms with Gasteiger partial charge < -0.3 is 15.9 Å². The number of hydrogen-bond donors (Lipinski definition) is 2. The fourth-order valence-electron chi connectivity index (χ4n) is 1.75. The standard InChI is InChI=1S/C11H11Cl2N3O2/c1-18-11(17)10-4-9(15-16-10)5-2-6(12)7(13)3-8(5)14/h2-3,9,15H,4,14H2,1H3. The Morgan fingerprint density at radius 2 is 2.17 bits per heavy atom. The van der Waals surface area contributed by atoms with Crippen molar-refractivity contribution >= 4 is 40.6 Å². The van der Waals surface area contributed by atoms with Gasteiger partial charge in [0.2, 0.25) is 0 Å². The molecule has 1 heterocycles. The van der Waals surface area contributed by atoms with Crippen LogP contribution in [-0.2, 0) is 9.53 Å². The van der Waals surface area contributed by atoms with E-state index in [-0.39, 0.29) is 6.04 Å². The number of rotatable bonds is 2. The molecule has 0 aromatic heterocycles. The number of hydrazone groups is 1. The zero-order valence-corrected chi connectivity index (χ0v) is 11.0. The molecule has 96 valence electrons. The SMILES string of the molecule is COC(=O)C1=NNC(c2cc(Cl)c(Cl)cc2N)C1. The van der Waals surface area contributed by atoms with Crippen molar-refractivity contribution in [2.75, 3.05) is 12.8 Å². The monoisotopic (exact) mass is 287 g/mol. The van der Waals surface area contributed by atoms with Crippen LogP contribution in [0.25, 0.3) is 0 Å². The van der Waals surface area contributed by atoms with Crippen LogP contribution in [0.1, 0.15) is 18.0 Å². The van der Waals surface area contributed by atoms with Gasteiger partial charge in [0.05, 0.1) is 23.2 Å². The van der Waals surface area contributed by atoms with Gasteiger partial charge in [-0.1, -0.05) is 23.2 Å². The van der Waals surface area contributed by atoms with E-state index in [2.05, 4.69) is 15.3 Å². The summed E-state index contributed by atoms with van der Waals surface area (Å²) in [7, 11) is 1.31. The summed E-state index contributed by atoms with van der Waals surface area (Å²) in [4.78, 5) is 11.3. The lowest BCUT2D eigenvalue weighted by molar-refractivity contribution is -0.132. The molecule has 1 unspecified atom stereocenters. The van der Waals surface area contributed by atoms with Gasteiger partial charge in [0.25, 0.3) is 0 Å². The molecule has 1 atom stereocenters. The Morgan fingerprint density at radius 3 is 2.83 bits per heavy atom. The molecule has 5 nitrogen and oxygen atoms in total. The number of nitrogens with one attached hydrogen (secondary N) is 1. The van der Waals surface area contributed by atoms with Crippen LogP contribution in [0.3, 0.4) is 0 Å². The van der Waals surface area contributed by atoms with Crippen molar-refractivity contribution in [2.45, 2.75) is 12.5 Å². The lowest BCUT2D eigenvalue weighted by Crippen LogP contribution is -2.15. The zero-order chi connectivity index (χ0) is 13.3. The van der Waals surface area contributed by atoms with Gasteiger partial charge in [0.1, 0.15) is 5.71 Å². The highest BCUT2D eigenvalue weighted by Crippen LogP contribution is 2.33. The number of nitrogen functional groups attached to an aromatic ring is 1. The van der Waals surface area contributed by atoms with Crippen molar-refractivity contribution in [2.24, 2.45) is 5.10 Å². The van der Waals surface area contributed by atoms with Crippen molar-refractivity contribution in [1.29, 1.82) is 0 Å². The quantitative estimate of drug-likeness (QED) is 0.645. The number of methoxy groups -OCH3 is 1. The average Bonchev–Trinajstić information content (AvgIpc) is 2.82. The molecule has 0 radical (unpaired) electrons. The van der Waals surface area contributed by atoms with E-state index in [9.17, 15) is 4.79 Å². The number of benzene rings is 1. The van der Waals surface area contributed by atoms with E-state index in [0.29, 0.717) is 27.9 Å². The van der Waals surface area contributed by atoms with E-state index >= 15 is 0 Å². The summed E-state index contributed by atoms with van der Waals surface area (Å²) in [6.07, 6.45) is 0.398. The van der Waals surface area contributed by atoms with Crippen LogP contribution in [0.2, 0.25) is 10.0 Å². The number of halogens is 2. The molecule has 1 aliphatic heterocycles. The smallest absolute Gasteiger partial charge is 0.354 e. The summed E-state index contributed by atoms with van der Waals surface area (Å²) >= 11 is 11.8. The molecule has 1 aromatic carbocycles. The first-order chi connectivity index (χ1) is 8.52. The Balaban J connectivity index is 2.21. The predicted octanol–water partition coefficient (Wildman–Crippen LogP) is 2.14. The number of esters is 1. The van der Waals surface area contributed by atoms with Gasteiger partial charge in [-0.3, -0.25) is 0 Å². The number of carbonyl (C=O) groups is 1. The molecule has 0 spiro atoms. The summed E-state index contributed by atoms with van der Waals surface area (Å²) in [6, 6.07) is 3.05. The Hall–Kier alpha value is -1.46. The molecule has 0 saturated heterocycles. The molecule has 1 aromatic rings. The van der Waals surface area contributed by atoms with E-state index in [0.717, 1.165) is 5.56 Å². The minimum Gasteiger partial charge on any atom is -0.464 e. The molecule has 18 heavy (non-hydrogen) atoms. The van der Waals surface area contributed by atoms with Gasteiger partial charge >= 0.3 is 5.97 Å². The Morgan fingerprint density at radius 1 is 1.50 bits per heavy atom. The molecule has 0 fully saturated rings. The fourth-order valence-corrected chi connectivity index (χ4v) is 2.09.